The van der Waals surface area contributed by atoms with Crippen LogP contribution in [0.25, 0.3) is 0 Å². The van der Waals surface area contributed by atoms with Gasteiger partial charge in [0.2, 0.25) is 0 Å². The molecule has 2 aliphatic rings. The van der Waals surface area contributed by atoms with E-state index in [4.69, 9.17) is 4.74 Å². The normalized spacial score (nSPS) is 24.0. The fourth-order valence-electron chi connectivity index (χ4n) is 3.06. The number of rotatable bonds is 1. The van der Waals surface area contributed by atoms with Crippen LogP contribution in [0.2, 0.25) is 0 Å². The number of aliphatic hydroxyl groups excluding tert-OH is 1. The van der Waals surface area contributed by atoms with Gasteiger partial charge in [-0.2, -0.15) is 0 Å². The monoisotopic (exact) mass is 290 g/mol. The van der Waals surface area contributed by atoms with E-state index in [0.717, 1.165) is 18.4 Å². The molecular formula is C15H18N2O4. The van der Waals surface area contributed by atoms with Crippen LogP contribution in [-0.2, 0) is 4.79 Å². The summed E-state index contributed by atoms with van der Waals surface area (Å²) < 4.78 is 5.23. The zero-order valence-electron chi connectivity index (χ0n) is 12.0. The molecule has 2 aliphatic heterocycles. The van der Waals surface area contributed by atoms with E-state index in [1.54, 1.807) is 24.0 Å². The van der Waals surface area contributed by atoms with Crippen molar-refractivity contribution in [2.24, 2.45) is 0 Å². The number of amides is 1. The molecule has 1 fully saturated rings. The van der Waals surface area contributed by atoms with Crippen LogP contribution in [0.5, 0.6) is 5.75 Å². The van der Waals surface area contributed by atoms with Crippen molar-refractivity contribution in [2.45, 2.75) is 39.0 Å². The minimum absolute atomic E-state index is 0.134. The number of anilines is 1. The molecule has 0 spiro atoms. The van der Waals surface area contributed by atoms with Gasteiger partial charge in [0.25, 0.3) is 5.91 Å². The molecule has 2 atom stereocenters. The maximum Gasteiger partial charge on any atom is 0.308 e. The molecule has 112 valence electrons. The Balaban J connectivity index is 2.12. The summed E-state index contributed by atoms with van der Waals surface area (Å²) in [6, 6.07) is 3.22. The Morgan fingerprint density at radius 1 is 1.48 bits per heavy atom. The van der Waals surface area contributed by atoms with Gasteiger partial charge in [-0.1, -0.05) is 6.07 Å². The van der Waals surface area contributed by atoms with Crippen molar-refractivity contribution < 1.29 is 19.4 Å². The van der Waals surface area contributed by atoms with Crippen molar-refractivity contribution in [2.75, 3.05) is 11.9 Å². The SMILES string of the molecule is CC(=O)Oc1c(C)ccc2c1NC(O)C1CCCN1C2=O. The number of esters is 1. The summed E-state index contributed by atoms with van der Waals surface area (Å²) in [6.07, 6.45) is 0.775. The van der Waals surface area contributed by atoms with Crippen LogP contribution in [0.3, 0.4) is 0 Å². The van der Waals surface area contributed by atoms with Crippen LogP contribution in [-0.4, -0.2) is 40.7 Å². The first-order chi connectivity index (χ1) is 9.99. The molecule has 2 N–H and O–H groups in total. The van der Waals surface area contributed by atoms with E-state index >= 15 is 0 Å². The average molecular weight is 290 g/mol. The van der Waals surface area contributed by atoms with Gasteiger partial charge in [0.1, 0.15) is 6.23 Å². The maximum atomic E-state index is 12.6. The first-order valence-corrected chi connectivity index (χ1v) is 7.06. The average Bonchev–Trinajstić information content (AvgIpc) is 2.87. The van der Waals surface area contributed by atoms with Gasteiger partial charge in [-0.25, -0.2) is 0 Å². The number of nitrogens with one attached hydrogen (secondary N) is 1. The van der Waals surface area contributed by atoms with Gasteiger partial charge >= 0.3 is 5.97 Å². The lowest BCUT2D eigenvalue weighted by molar-refractivity contribution is -0.131. The molecule has 1 saturated heterocycles. The molecule has 0 aliphatic carbocycles. The fraction of sp³-hybridized carbons (Fsp3) is 0.467. The summed E-state index contributed by atoms with van der Waals surface area (Å²) in [4.78, 5) is 25.6. The second-order valence-electron chi connectivity index (χ2n) is 5.53. The zero-order valence-corrected chi connectivity index (χ0v) is 12.0. The molecular weight excluding hydrogens is 272 g/mol. The minimum Gasteiger partial charge on any atom is -0.424 e. The molecule has 6 nitrogen and oxygen atoms in total. The number of hydrogen-bond donors (Lipinski definition) is 2. The van der Waals surface area contributed by atoms with Crippen LogP contribution < -0.4 is 10.1 Å². The lowest BCUT2D eigenvalue weighted by Gasteiger charge is -2.25. The predicted octanol–water partition coefficient (Wildman–Crippen LogP) is 1.27. The van der Waals surface area contributed by atoms with E-state index in [1.165, 1.54) is 6.92 Å². The summed E-state index contributed by atoms with van der Waals surface area (Å²) in [7, 11) is 0. The van der Waals surface area contributed by atoms with Crippen molar-refractivity contribution in [3.63, 3.8) is 0 Å². The summed E-state index contributed by atoms with van der Waals surface area (Å²) in [5.74, 6) is -0.279. The summed E-state index contributed by atoms with van der Waals surface area (Å²) >= 11 is 0. The van der Waals surface area contributed by atoms with Crippen LogP contribution in [0.4, 0.5) is 5.69 Å². The van der Waals surface area contributed by atoms with E-state index in [9.17, 15) is 14.7 Å². The highest BCUT2D eigenvalue weighted by atomic mass is 16.5. The highest BCUT2D eigenvalue weighted by Crippen LogP contribution is 2.38. The van der Waals surface area contributed by atoms with Gasteiger partial charge in [0.05, 0.1) is 17.3 Å². The van der Waals surface area contributed by atoms with Crippen LogP contribution in [0, 0.1) is 6.92 Å². The number of hydrogen-bond acceptors (Lipinski definition) is 5. The van der Waals surface area contributed by atoms with Gasteiger partial charge in [0, 0.05) is 13.5 Å². The molecule has 1 aromatic rings. The van der Waals surface area contributed by atoms with E-state index in [1.807, 2.05) is 0 Å². The van der Waals surface area contributed by atoms with Crippen LogP contribution >= 0.6 is 0 Å². The quantitative estimate of drug-likeness (QED) is 0.601. The number of nitrogens with zero attached hydrogens (tertiary/aromatic N) is 1. The Morgan fingerprint density at radius 2 is 2.24 bits per heavy atom. The molecule has 1 amide bonds. The standard InChI is InChI=1S/C15H18N2O4/c1-8-5-6-10-12(13(8)21-9(2)18)16-14(19)11-4-3-7-17(11)15(10)20/h5-6,11,14,16,19H,3-4,7H2,1-2H3. The second kappa shape index (κ2) is 5.04. The van der Waals surface area contributed by atoms with Gasteiger partial charge in [-0.05, 0) is 31.4 Å². The van der Waals surface area contributed by atoms with E-state index in [0.29, 0.717) is 23.5 Å². The molecule has 0 bridgehead atoms. The lowest BCUT2D eigenvalue weighted by Crippen LogP contribution is -2.43. The smallest absolute Gasteiger partial charge is 0.308 e. The lowest BCUT2D eigenvalue weighted by atomic mass is 10.1. The van der Waals surface area contributed by atoms with Gasteiger partial charge in [-0.3, -0.25) is 9.59 Å². The largest absolute Gasteiger partial charge is 0.424 e. The Kier molecular flexibility index (Phi) is 3.33. The molecule has 3 rings (SSSR count). The second-order valence-corrected chi connectivity index (χ2v) is 5.53. The maximum absolute atomic E-state index is 12.6. The minimum atomic E-state index is -0.867. The molecule has 1 aromatic carbocycles. The van der Waals surface area contributed by atoms with Crippen LogP contribution in [0.1, 0.15) is 35.7 Å². The Morgan fingerprint density at radius 3 is 2.95 bits per heavy atom. The predicted molar refractivity (Wildman–Crippen MR) is 76.2 cm³/mol. The van der Waals surface area contributed by atoms with Crippen molar-refractivity contribution >= 4 is 17.6 Å². The number of aryl methyl sites for hydroxylation is 1. The fourth-order valence-corrected chi connectivity index (χ4v) is 3.06. The molecule has 0 aromatic heterocycles. The highest BCUT2D eigenvalue weighted by Gasteiger charge is 2.39. The summed E-state index contributed by atoms with van der Waals surface area (Å²) in [5.41, 5.74) is 1.57. The zero-order chi connectivity index (χ0) is 15.1. The van der Waals surface area contributed by atoms with Crippen molar-refractivity contribution in [3.05, 3.63) is 23.3 Å². The van der Waals surface area contributed by atoms with Crippen LogP contribution in [0.15, 0.2) is 12.1 Å². The van der Waals surface area contributed by atoms with Crippen molar-refractivity contribution in [1.29, 1.82) is 0 Å². The van der Waals surface area contributed by atoms with Crippen molar-refractivity contribution in [3.8, 4) is 5.75 Å². The number of carbonyl (C=O) groups is 2. The Labute approximate surface area is 122 Å². The summed E-state index contributed by atoms with van der Waals surface area (Å²) in [6.45, 7) is 3.74. The number of fused-ring (bicyclic) bond motifs is 2. The van der Waals surface area contributed by atoms with Gasteiger partial charge in [-0.15, -0.1) is 0 Å². The first kappa shape index (κ1) is 13.9. The Bertz CT molecular complexity index is 614. The molecule has 0 saturated carbocycles. The van der Waals surface area contributed by atoms with E-state index in [-0.39, 0.29) is 11.9 Å². The number of aliphatic hydroxyl groups is 1. The third-order valence-corrected chi connectivity index (χ3v) is 4.05. The molecule has 2 heterocycles. The molecule has 0 radical (unpaired) electrons. The third kappa shape index (κ3) is 2.25. The van der Waals surface area contributed by atoms with E-state index in [2.05, 4.69) is 5.32 Å². The Hall–Kier alpha value is -2.08. The van der Waals surface area contributed by atoms with Gasteiger partial charge in [0.15, 0.2) is 5.75 Å². The van der Waals surface area contributed by atoms with Crippen molar-refractivity contribution in [1.82, 2.24) is 4.90 Å². The van der Waals surface area contributed by atoms with E-state index < -0.39 is 12.2 Å². The summed E-state index contributed by atoms with van der Waals surface area (Å²) in [5, 5.41) is 13.3. The topological polar surface area (TPSA) is 78.9 Å². The number of benzene rings is 1. The van der Waals surface area contributed by atoms with Gasteiger partial charge < -0.3 is 20.1 Å². The molecule has 21 heavy (non-hydrogen) atoms. The number of ether oxygens (including phenoxy) is 1. The molecule has 2 unspecified atom stereocenters. The molecule has 6 heteroatoms. The third-order valence-electron chi connectivity index (χ3n) is 4.05. The highest BCUT2D eigenvalue weighted by molar-refractivity contribution is 6.02. The number of carbonyl (C=O) groups excluding carboxylic acids is 2. The first-order valence-electron chi connectivity index (χ1n) is 7.06.